The van der Waals surface area contributed by atoms with E-state index in [1.807, 2.05) is 0 Å². The standard InChI is InChI=1S/C17H26N2O2/c1-4-17(2,3)15-13(18)9-11(10-14(15)19)16(20)21-12-7-5-6-8-12/h9-10,12H,4-8,18-19H2,1-3H3. The minimum atomic E-state index is -0.318. The van der Waals surface area contributed by atoms with Gasteiger partial charge in [0.05, 0.1) is 5.56 Å². The van der Waals surface area contributed by atoms with E-state index in [9.17, 15) is 4.79 Å². The van der Waals surface area contributed by atoms with Gasteiger partial charge in [0.25, 0.3) is 0 Å². The van der Waals surface area contributed by atoms with Gasteiger partial charge < -0.3 is 16.2 Å². The van der Waals surface area contributed by atoms with Crippen LogP contribution in [0, 0.1) is 0 Å². The molecule has 1 saturated carbocycles. The molecule has 21 heavy (non-hydrogen) atoms. The summed E-state index contributed by atoms with van der Waals surface area (Å²) in [7, 11) is 0. The Labute approximate surface area is 126 Å². The third-order valence-corrected chi connectivity index (χ3v) is 4.57. The molecule has 0 atom stereocenters. The second-order valence-electron chi connectivity index (χ2n) is 6.58. The molecule has 1 aromatic carbocycles. The van der Waals surface area contributed by atoms with E-state index in [2.05, 4.69) is 20.8 Å². The van der Waals surface area contributed by atoms with Crippen molar-refractivity contribution >= 4 is 17.3 Å². The van der Waals surface area contributed by atoms with Gasteiger partial charge in [0.2, 0.25) is 0 Å². The SMILES string of the molecule is CCC(C)(C)c1c(N)cc(C(=O)OC2CCCC2)cc1N. The smallest absolute Gasteiger partial charge is 0.338 e. The van der Waals surface area contributed by atoms with Crippen LogP contribution in [0.2, 0.25) is 0 Å². The summed E-state index contributed by atoms with van der Waals surface area (Å²) in [6, 6.07) is 3.39. The largest absolute Gasteiger partial charge is 0.459 e. The fourth-order valence-corrected chi connectivity index (χ4v) is 2.99. The quantitative estimate of drug-likeness (QED) is 0.655. The van der Waals surface area contributed by atoms with Crippen LogP contribution in [0.15, 0.2) is 12.1 Å². The molecule has 2 rings (SSSR count). The van der Waals surface area contributed by atoms with Crippen LogP contribution < -0.4 is 11.5 Å². The lowest BCUT2D eigenvalue weighted by atomic mass is 9.80. The van der Waals surface area contributed by atoms with Crippen LogP contribution in [0.1, 0.15) is 68.8 Å². The maximum absolute atomic E-state index is 12.2. The molecule has 1 aliphatic rings. The summed E-state index contributed by atoms with van der Waals surface area (Å²) in [6.07, 6.45) is 5.15. The minimum Gasteiger partial charge on any atom is -0.459 e. The summed E-state index contributed by atoms with van der Waals surface area (Å²) in [5, 5.41) is 0. The van der Waals surface area contributed by atoms with Crippen molar-refractivity contribution in [2.45, 2.75) is 64.4 Å². The highest BCUT2D eigenvalue weighted by Gasteiger charge is 2.26. The van der Waals surface area contributed by atoms with Gasteiger partial charge in [-0.25, -0.2) is 4.79 Å². The molecular weight excluding hydrogens is 264 g/mol. The highest BCUT2D eigenvalue weighted by Crippen LogP contribution is 2.36. The van der Waals surface area contributed by atoms with Crippen molar-refractivity contribution in [3.8, 4) is 0 Å². The molecule has 4 nitrogen and oxygen atoms in total. The van der Waals surface area contributed by atoms with Crippen molar-refractivity contribution in [1.82, 2.24) is 0 Å². The zero-order chi connectivity index (χ0) is 15.6. The Kier molecular flexibility index (Phi) is 4.45. The highest BCUT2D eigenvalue weighted by molar-refractivity contribution is 5.92. The Morgan fingerprint density at radius 2 is 1.76 bits per heavy atom. The number of carbonyl (C=O) groups is 1. The Bertz CT molecular complexity index is 509. The van der Waals surface area contributed by atoms with E-state index in [4.69, 9.17) is 16.2 Å². The molecule has 0 heterocycles. The molecule has 0 bridgehead atoms. The van der Waals surface area contributed by atoms with Crippen molar-refractivity contribution in [2.75, 3.05) is 11.5 Å². The number of nitrogen functional groups attached to an aromatic ring is 2. The van der Waals surface area contributed by atoms with Gasteiger partial charge in [-0.05, 0) is 49.7 Å². The summed E-state index contributed by atoms with van der Waals surface area (Å²) in [5.74, 6) is -0.318. The molecule has 0 amide bonds. The molecule has 0 saturated heterocycles. The zero-order valence-corrected chi connectivity index (χ0v) is 13.2. The van der Waals surface area contributed by atoms with Gasteiger partial charge in [-0.3, -0.25) is 0 Å². The maximum Gasteiger partial charge on any atom is 0.338 e. The summed E-state index contributed by atoms with van der Waals surface area (Å²) in [4.78, 5) is 12.2. The number of benzene rings is 1. The first-order valence-corrected chi connectivity index (χ1v) is 7.75. The van der Waals surface area contributed by atoms with Crippen molar-refractivity contribution in [2.24, 2.45) is 0 Å². The molecule has 1 aromatic rings. The summed E-state index contributed by atoms with van der Waals surface area (Å²) in [5.41, 5.74) is 14.7. The van der Waals surface area contributed by atoms with E-state index < -0.39 is 0 Å². The van der Waals surface area contributed by atoms with Gasteiger partial charge in [0.1, 0.15) is 6.10 Å². The molecule has 0 aromatic heterocycles. The Balaban J connectivity index is 2.24. The van der Waals surface area contributed by atoms with Crippen LogP contribution in [-0.4, -0.2) is 12.1 Å². The normalized spacial score (nSPS) is 16.1. The summed E-state index contributed by atoms with van der Waals surface area (Å²) in [6.45, 7) is 6.30. The number of rotatable bonds is 4. The van der Waals surface area contributed by atoms with Gasteiger partial charge in [-0.2, -0.15) is 0 Å². The Hall–Kier alpha value is -1.71. The van der Waals surface area contributed by atoms with Crippen LogP contribution in [0.4, 0.5) is 11.4 Å². The molecule has 4 heteroatoms. The fraction of sp³-hybridized carbons (Fsp3) is 0.588. The number of esters is 1. The molecule has 116 valence electrons. The average molecular weight is 290 g/mol. The maximum atomic E-state index is 12.2. The van der Waals surface area contributed by atoms with Gasteiger partial charge >= 0.3 is 5.97 Å². The van der Waals surface area contributed by atoms with Crippen molar-refractivity contribution < 1.29 is 9.53 Å². The highest BCUT2D eigenvalue weighted by atomic mass is 16.5. The van der Waals surface area contributed by atoms with Crippen LogP contribution in [0.25, 0.3) is 0 Å². The molecular formula is C17H26N2O2. The van der Waals surface area contributed by atoms with Crippen LogP contribution in [0.3, 0.4) is 0 Å². The molecule has 1 aliphatic carbocycles. The van der Waals surface area contributed by atoms with E-state index in [0.717, 1.165) is 37.7 Å². The summed E-state index contributed by atoms with van der Waals surface area (Å²) >= 11 is 0. The lowest BCUT2D eigenvalue weighted by Gasteiger charge is -2.27. The molecule has 4 N–H and O–H groups in total. The topological polar surface area (TPSA) is 78.3 Å². The average Bonchev–Trinajstić information content (AvgIpc) is 2.90. The lowest BCUT2D eigenvalue weighted by molar-refractivity contribution is 0.0318. The fourth-order valence-electron chi connectivity index (χ4n) is 2.99. The third kappa shape index (κ3) is 3.31. The van der Waals surface area contributed by atoms with Gasteiger partial charge in [-0.1, -0.05) is 20.8 Å². The number of carbonyl (C=O) groups excluding carboxylic acids is 1. The van der Waals surface area contributed by atoms with E-state index in [1.54, 1.807) is 12.1 Å². The van der Waals surface area contributed by atoms with E-state index in [1.165, 1.54) is 0 Å². The van der Waals surface area contributed by atoms with Crippen molar-refractivity contribution in [1.29, 1.82) is 0 Å². The molecule has 0 unspecified atom stereocenters. The first-order valence-electron chi connectivity index (χ1n) is 7.75. The van der Waals surface area contributed by atoms with E-state index in [0.29, 0.717) is 16.9 Å². The minimum absolute atomic E-state index is 0.0479. The number of hydrogen-bond donors (Lipinski definition) is 2. The van der Waals surface area contributed by atoms with Gasteiger partial charge in [0, 0.05) is 16.9 Å². The second kappa shape index (κ2) is 5.96. The summed E-state index contributed by atoms with van der Waals surface area (Å²) < 4.78 is 5.51. The molecule has 1 fully saturated rings. The van der Waals surface area contributed by atoms with E-state index >= 15 is 0 Å². The van der Waals surface area contributed by atoms with E-state index in [-0.39, 0.29) is 17.5 Å². The van der Waals surface area contributed by atoms with Crippen molar-refractivity contribution in [3.63, 3.8) is 0 Å². The molecule has 0 spiro atoms. The lowest BCUT2D eigenvalue weighted by Crippen LogP contribution is -2.21. The third-order valence-electron chi connectivity index (χ3n) is 4.57. The second-order valence-corrected chi connectivity index (χ2v) is 6.58. The molecule has 0 aliphatic heterocycles. The predicted octanol–water partition coefficient (Wildman–Crippen LogP) is 3.64. The zero-order valence-electron chi connectivity index (χ0n) is 13.2. The Morgan fingerprint density at radius 1 is 1.24 bits per heavy atom. The van der Waals surface area contributed by atoms with Crippen LogP contribution >= 0.6 is 0 Å². The number of nitrogens with two attached hydrogens (primary N) is 2. The van der Waals surface area contributed by atoms with Crippen LogP contribution in [0.5, 0.6) is 0 Å². The number of ether oxygens (including phenoxy) is 1. The van der Waals surface area contributed by atoms with Gasteiger partial charge in [0.15, 0.2) is 0 Å². The monoisotopic (exact) mass is 290 g/mol. The number of hydrogen-bond acceptors (Lipinski definition) is 4. The predicted molar refractivity (Wildman–Crippen MR) is 86.3 cm³/mol. The first-order chi connectivity index (χ1) is 9.85. The van der Waals surface area contributed by atoms with Gasteiger partial charge in [-0.15, -0.1) is 0 Å². The Morgan fingerprint density at radius 3 is 2.24 bits per heavy atom. The molecule has 0 radical (unpaired) electrons. The van der Waals surface area contributed by atoms with Crippen molar-refractivity contribution in [3.05, 3.63) is 23.3 Å². The first kappa shape index (κ1) is 15.7. The van der Waals surface area contributed by atoms with Crippen LogP contribution in [-0.2, 0) is 10.2 Å². The number of anilines is 2.